The Balaban J connectivity index is 1.71. The van der Waals surface area contributed by atoms with E-state index in [0.29, 0.717) is 23.9 Å². The highest BCUT2D eigenvalue weighted by molar-refractivity contribution is 7.92. The molecule has 1 saturated heterocycles. The van der Waals surface area contributed by atoms with Crippen LogP contribution in [0.15, 0.2) is 59.8 Å². The first-order valence-corrected chi connectivity index (χ1v) is 12.3. The molecule has 5 rings (SSSR count). The van der Waals surface area contributed by atoms with Gasteiger partial charge in [-0.15, -0.1) is 0 Å². The largest absolute Gasteiger partial charge is 0.378 e. The lowest BCUT2D eigenvalue weighted by Crippen LogP contribution is -2.36. The van der Waals surface area contributed by atoms with Crippen LogP contribution in [0.2, 0.25) is 0 Å². The van der Waals surface area contributed by atoms with E-state index in [1.54, 1.807) is 31.5 Å². The molecule has 164 valence electrons. The minimum Gasteiger partial charge on any atom is -0.378 e. The Morgan fingerprint density at radius 2 is 1.91 bits per heavy atom. The van der Waals surface area contributed by atoms with E-state index in [0.717, 1.165) is 52.3 Å². The summed E-state index contributed by atoms with van der Waals surface area (Å²) in [5.74, 6) is 1.16. The maximum absolute atomic E-state index is 12.5. The smallest absolute Gasteiger partial charge is 0.130 e. The Bertz CT molecular complexity index is 1350. The second-order valence-electron chi connectivity index (χ2n) is 7.64. The Morgan fingerprint density at radius 3 is 2.59 bits per heavy atom. The van der Waals surface area contributed by atoms with E-state index in [-0.39, 0.29) is 0 Å². The van der Waals surface area contributed by atoms with E-state index in [2.05, 4.69) is 26.1 Å². The van der Waals surface area contributed by atoms with Crippen molar-refractivity contribution in [3.63, 3.8) is 0 Å². The zero-order chi connectivity index (χ0) is 22.1. The summed E-state index contributed by atoms with van der Waals surface area (Å²) in [5.41, 5.74) is 4.33. The molecule has 3 aromatic heterocycles. The number of fused-ring (bicyclic) bond motifs is 1. The standard InChI is InChI=1S/C23H24N6O2S/c1-2-32(24,30)17-5-3-16(4-6-17)19-15-21(29-11-13-31-14-12-29)27-22-18(19)7-9-25-23(22)20-8-10-26-28-20/h3-10,15,24H,2,11-14H2,1H3,(H,26,28). The van der Waals surface area contributed by atoms with Crippen LogP contribution in [0.4, 0.5) is 5.82 Å². The molecule has 4 aromatic rings. The second-order valence-corrected chi connectivity index (χ2v) is 10.0. The van der Waals surface area contributed by atoms with Crippen molar-refractivity contribution in [3.05, 3.63) is 54.9 Å². The van der Waals surface area contributed by atoms with Crippen molar-refractivity contribution in [1.82, 2.24) is 20.2 Å². The summed E-state index contributed by atoms with van der Waals surface area (Å²) in [4.78, 5) is 12.4. The molecule has 8 nitrogen and oxygen atoms in total. The molecule has 1 atom stereocenters. The molecule has 0 saturated carbocycles. The fourth-order valence-electron chi connectivity index (χ4n) is 3.94. The number of rotatable bonds is 5. The van der Waals surface area contributed by atoms with Gasteiger partial charge in [-0.3, -0.25) is 10.1 Å². The van der Waals surface area contributed by atoms with E-state index >= 15 is 0 Å². The number of benzene rings is 1. The first-order valence-electron chi connectivity index (χ1n) is 10.6. The molecule has 4 heterocycles. The summed E-state index contributed by atoms with van der Waals surface area (Å²) in [6.07, 6.45) is 3.48. The highest BCUT2D eigenvalue weighted by atomic mass is 32.2. The lowest BCUT2D eigenvalue weighted by atomic mass is 10.00. The first-order chi connectivity index (χ1) is 15.6. The van der Waals surface area contributed by atoms with Gasteiger partial charge in [0.1, 0.15) is 17.0 Å². The molecule has 0 aliphatic carbocycles. The molecule has 1 unspecified atom stereocenters. The fraction of sp³-hybridized carbons (Fsp3) is 0.261. The zero-order valence-electron chi connectivity index (χ0n) is 17.7. The van der Waals surface area contributed by atoms with Crippen molar-refractivity contribution in [1.29, 1.82) is 4.78 Å². The summed E-state index contributed by atoms with van der Waals surface area (Å²) >= 11 is 0. The number of nitrogens with one attached hydrogen (secondary N) is 2. The van der Waals surface area contributed by atoms with Gasteiger partial charge in [-0.1, -0.05) is 19.1 Å². The normalized spacial score (nSPS) is 16.2. The van der Waals surface area contributed by atoms with Crippen molar-refractivity contribution in [2.24, 2.45) is 0 Å². The first kappa shape index (κ1) is 20.6. The minimum atomic E-state index is -2.76. The molecule has 0 bridgehead atoms. The van der Waals surface area contributed by atoms with Gasteiger partial charge in [-0.2, -0.15) is 5.10 Å². The van der Waals surface area contributed by atoms with Gasteiger partial charge in [0.05, 0.1) is 28.6 Å². The van der Waals surface area contributed by atoms with E-state index in [1.165, 1.54) is 0 Å². The van der Waals surface area contributed by atoms with Crippen LogP contribution in [0.5, 0.6) is 0 Å². The molecular weight excluding hydrogens is 424 g/mol. The Kier molecular flexibility index (Phi) is 5.36. The van der Waals surface area contributed by atoms with Crippen molar-refractivity contribution < 1.29 is 8.95 Å². The highest BCUT2D eigenvalue weighted by Gasteiger charge is 2.19. The predicted octanol–water partition coefficient (Wildman–Crippen LogP) is 3.95. The van der Waals surface area contributed by atoms with E-state index in [1.807, 2.05) is 24.3 Å². The number of nitrogens with zero attached hydrogens (tertiary/aromatic N) is 4. The average Bonchev–Trinajstić information content (AvgIpc) is 3.38. The summed E-state index contributed by atoms with van der Waals surface area (Å²) in [7, 11) is -2.76. The average molecular weight is 449 g/mol. The minimum absolute atomic E-state index is 0.297. The Hall–Kier alpha value is -3.30. The number of morpholine rings is 1. The van der Waals surface area contributed by atoms with Gasteiger partial charge in [-0.05, 0) is 41.5 Å². The molecular formula is C23H24N6O2S. The number of hydrogen-bond donors (Lipinski definition) is 2. The maximum atomic E-state index is 12.5. The quantitative estimate of drug-likeness (QED) is 0.479. The number of pyridine rings is 2. The number of H-pyrrole nitrogens is 1. The monoisotopic (exact) mass is 448 g/mol. The number of aromatic amines is 1. The van der Waals surface area contributed by atoms with Gasteiger partial charge in [-0.25, -0.2) is 14.0 Å². The van der Waals surface area contributed by atoms with Crippen LogP contribution in [0, 0.1) is 4.78 Å². The molecule has 0 spiro atoms. The number of aromatic nitrogens is 4. The number of ether oxygens (including phenoxy) is 1. The second kappa shape index (κ2) is 8.33. The molecule has 1 aliphatic rings. The van der Waals surface area contributed by atoms with Gasteiger partial charge < -0.3 is 9.64 Å². The molecule has 2 N–H and O–H groups in total. The van der Waals surface area contributed by atoms with Gasteiger partial charge in [0.25, 0.3) is 0 Å². The number of hydrogen-bond acceptors (Lipinski definition) is 7. The third-order valence-electron chi connectivity index (χ3n) is 5.76. The molecule has 32 heavy (non-hydrogen) atoms. The zero-order valence-corrected chi connectivity index (χ0v) is 18.6. The Morgan fingerprint density at radius 1 is 1.12 bits per heavy atom. The van der Waals surface area contributed by atoms with Crippen LogP contribution < -0.4 is 4.90 Å². The van der Waals surface area contributed by atoms with Gasteiger partial charge in [0, 0.05) is 41.5 Å². The maximum Gasteiger partial charge on any atom is 0.130 e. The van der Waals surface area contributed by atoms with Crippen molar-refractivity contribution in [2.45, 2.75) is 11.8 Å². The summed E-state index contributed by atoms with van der Waals surface area (Å²) in [6.45, 7) is 4.65. The van der Waals surface area contributed by atoms with Crippen molar-refractivity contribution >= 4 is 26.4 Å². The van der Waals surface area contributed by atoms with Crippen molar-refractivity contribution in [2.75, 3.05) is 37.0 Å². The van der Waals surface area contributed by atoms with Crippen LogP contribution in [0.1, 0.15) is 6.92 Å². The van der Waals surface area contributed by atoms with Gasteiger partial charge in [0.2, 0.25) is 0 Å². The molecule has 9 heteroatoms. The Labute approximate surface area is 186 Å². The van der Waals surface area contributed by atoms with E-state index in [4.69, 9.17) is 14.5 Å². The third kappa shape index (κ3) is 3.74. The van der Waals surface area contributed by atoms with Crippen LogP contribution in [0.3, 0.4) is 0 Å². The molecule has 1 fully saturated rings. The molecule has 0 amide bonds. The predicted molar refractivity (Wildman–Crippen MR) is 125 cm³/mol. The summed E-state index contributed by atoms with van der Waals surface area (Å²) in [6, 6.07) is 13.4. The SMILES string of the molecule is CCS(=N)(=O)c1ccc(-c2cc(N3CCOCC3)nc3c(-c4ccn[nH]4)nccc23)cc1. The highest BCUT2D eigenvalue weighted by Crippen LogP contribution is 2.35. The molecule has 1 aliphatic heterocycles. The van der Waals surface area contributed by atoms with E-state index < -0.39 is 9.73 Å². The summed E-state index contributed by atoms with van der Waals surface area (Å²) in [5, 5.41) is 8.04. The van der Waals surface area contributed by atoms with Crippen LogP contribution in [0.25, 0.3) is 33.4 Å². The molecule has 1 aromatic carbocycles. The van der Waals surface area contributed by atoms with Gasteiger partial charge >= 0.3 is 0 Å². The lowest BCUT2D eigenvalue weighted by Gasteiger charge is -2.28. The van der Waals surface area contributed by atoms with E-state index in [9.17, 15) is 4.21 Å². The van der Waals surface area contributed by atoms with Crippen molar-refractivity contribution in [3.8, 4) is 22.5 Å². The lowest BCUT2D eigenvalue weighted by molar-refractivity contribution is 0.122. The third-order valence-corrected chi connectivity index (χ3v) is 7.60. The number of anilines is 1. The van der Waals surface area contributed by atoms with Crippen LogP contribution in [-0.2, 0) is 14.5 Å². The summed E-state index contributed by atoms with van der Waals surface area (Å²) < 4.78 is 26.1. The topological polar surface area (TPSA) is 108 Å². The van der Waals surface area contributed by atoms with Crippen LogP contribution >= 0.6 is 0 Å². The fourth-order valence-corrected chi connectivity index (χ4v) is 4.85. The van der Waals surface area contributed by atoms with Crippen LogP contribution in [-0.4, -0.2) is 56.4 Å². The molecule has 0 radical (unpaired) electrons. The van der Waals surface area contributed by atoms with Gasteiger partial charge in [0.15, 0.2) is 0 Å².